The minimum Gasteiger partial charge on any atom is -0.497 e. The molecule has 1 aromatic heterocycles. The molecule has 0 bridgehead atoms. The van der Waals surface area contributed by atoms with Crippen molar-refractivity contribution in [3.8, 4) is 5.75 Å². The van der Waals surface area contributed by atoms with Gasteiger partial charge in [0.25, 0.3) is 0 Å². The van der Waals surface area contributed by atoms with E-state index in [0.717, 1.165) is 16.8 Å². The van der Waals surface area contributed by atoms with Crippen LogP contribution in [0.15, 0.2) is 72.8 Å². The van der Waals surface area contributed by atoms with Crippen molar-refractivity contribution in [3.63, 3.8) is 0 Å². The van der Waals surface area contributed by atoms with Gasteiger partial charge in [0.05, 0.1) is 19.2 Å². The van der Waals surface area contributed by atoms with Crippen LogP contribution in [0, 0.1) is 6.57 Å². The topological polar surface area (TPSA) is 60.5 Å². The Morgan fingerprint density at radius 2 is 1.90 bits per heavy atom. The summed E-state index contributed by atoms with van der Waals surface area (Å²) >= 11 is 0. The summed E-state index contributed by atoms with van der Waals surface area (Å²) in [6, 6.07) is 21.6. The van der Waals surface area contributed by atoms with E-state index < -0.39 is 6.04 Å². The molecule has 6 nitrogen and oxygen atoms in total. The van der Waals surface area contributed by atoms with E-state index in [2.05, 4.69) is 15.3 Å². The number of aryl methyl sites for hydroxylation is 1. The molecule has 1 heterocycles. The van der Waals surface area contributed by atoms with Gasteiger partial charge in [-0.25, -0.2) is 4.85 Å². The summed E-state index contributed by atoms with van der Waals surface area (Å²) < 4.78 is 6.98. The molecule has 148 valence electrons. The molecule has 3 aromatic carbocycles. The molecule has 0 aliphatic heterocycles. The second-order valence-corrected chi connectivity index (χ2v) is 6.87. The van der Waals surface area contributed by atoms with Crippen LogP contribution in [0.25, 0.3) is 15.7 Å². The number of hydrogen-bond acceptors (Lipinski definition) is 4. The first-order valence-electron chi connectivity index (χ1n) is 9.44. The number of rotatable bonds is 6. The van der Waals surface area contributed by atoms with E-state index in [1.807, 2.05) is 60.7 Å². The highest BCUT2D eigenvalue weighted by Gasteiger charge is 2.26. The summed E-state index contributed by atoms with van der Waals surface area (Å²) in [7, 11) is 3.40. The van der Waals surface area contributed by atoms with Crippen LogP contribution < -0.4 is 10.1 Å². The molecule has 1 unspecified atom stereocenters. The van der Waals surface area contributed by atoms with Crippen molar-refractivity contribution in [2.24, 2.45) is 7.05 Å². The number of methoxy groups -OCH3 is 1. The van der Waals surface area contributed by atoms with Crippen LogP contribution in [-0.4, -0.2) is 22.7 Å². The van der Waals surface area contributed by atoms with Crippen molar-refractivity contribution in [2.75, 3.05) is 12.4 Å². The van der Waals surface area contributed by atoms with E-state index in [4.69, 9.17) is 11.3 Å². The minimum absolute atomic E-state index is 0.170. The predicted octanol–water partition coefficient (Wildman–Crippen LogP) is 5.17. The molecule has 6 heteroatoms. The molecule has 0 aliphatic carbocycles. The van der Waals surface area contributed by atoms with E-state index in [1.54, 1.807) is 31.0 Å². The number of Topliss-reactive ketones (excluding diaryl/α,β-unsaturated/α-hetero) is 1. The molecule has 0 saturated carbocycles. The molecule has 1 atom stereocenters. The van der Waals surface area contributed by atoms with Gasteiger partial charge in [-0.1, -0.05) is 42.5 Å². The Balaban J connectivity index is 1.80. The molecule has 0 saturated heterocycles. The lowest BCUT2D eigenvalue weighted by Gasteiger charge is -2.19. The van der Waals surface area contributed by atoms with Crippen molar-refractivity contribution in [1.29, 1.82) is 0 Å². The molecule has 0 amide bonds. The van der Waals surface area contributed by atoms with Gasteiger partial charge in [-0.15, -0.1) is 0 Å². The maximum atomic E-state index is 13.7. The average Bonchev–Trinajstić information content (AvgIpc) is 3.13. The first-order valence-corrected chi connectivity index (χ1v) is 9.44. The van der Waals surface area contributed by atoms with Crippen LogP contribution in [0.3, 0.4) is 0 Å². The summed E-state index contributed by atoms with van der Waals surface area (Å²) in [6.07, 6.45) is 0. The third-order valence-electron chi connectivity index (χ3n) is 4.97. The minimum atomic E-state index is -0.645. The zero-order valence-corrected chi connectivity index (χ0v) is 16.7. The summed E-state index contributed by atoms with van der Waals surface area (Å²) in [5, 5.41) is 8.49. The quantitative estimate of drug-likeness (QED) is 0.361. The summed E-state index contributed by atoms with van der Waals surface area (Å²) in [6.45, 7) is 7.30. The monoisotopic (exact) mass is 396 g/mol. The number of hydrogen-bond donors (Lipinski definition) is 1. The Bertz CT molecular complexity index is 1260. The molecule has 0 fully saturated rings. The number of nitrogens with zero attached hydrogens (tertiary/aromatic N) is 3. The molecular weight excluding hydrogens is 376 g/mol. The van der Waals surface area contributed by atoms with Crippen LogP contribution in [0.1, 0.15) is 22.1 Å². The lowest BCUT2D eigenvalue weighted by molar-refractivity contribution is 0.0965. The Hall–Kier alpha value is -4.11. The van der Waals surface area contributed by atoms with Crippen molar-refractivity contribution in [3.05, 3.63) is 95.5 Å². The maximum absolute atomic E-state index is 13.7. The number of ketones is 1. The summed E-state index contributed by atoms with van der Waals surface area (Å²) in [5.41, 5.74) is 3.20. The average molecular weight is 396 g/mol. The van der Waals surface area contributed by atoms with Gasteiger partial charge in [0.2, 0.25) is 5.78 Å². The van der Waals surface area contributed by atoms with Crippen LogP contribution in [0.4, 0.5) is 11.4 Å². The summed E-state index contributed by atoms with van der Waals surface area (Å²) in [4.78, 5) is 17.2. The van der Waals surface area contributed by atoms with Gasteiger partial charge in [0.1, 0.15) is 17.5 Å². The number of benzene rings is 3. The largest absolute Gasteiger partial charge is 0.497 e. The van der Waals surface area contributed by atoms with Crippen molar-refractivity contribution in [2.45, 2.75) is 6.04 Å². The third-order valence-corrected chi connectivity index (χ3v) is 4.97. The van der Waals surface area contributed by atoms with Gasteiger partial charge in [-0.05, 0) is 29.8 Å². The third kappa shape index (κ3) is 3.61. The van der Waals surface area contributed by atoms with Crippen LogP contribution in [0.2, 0.25) is 0 Å². The fourth-order valence-corrected chi connectivity index (χ4v) is 3.47. The number of aromatic nitrogens is 2. The number of carbonyl (C=O) groups is 1. The molecule has 1 N–H and O–H groups in total. The van der Waals surface area contributed by atoms with Crippen molar-refractivity contribution >= 4 is 28.1 Å². The zero-order valence-electron chi connectivity index (χ0n) is 16.7. The van der Waals surface area contributed by atoms with Gasteiger partial charge in [0, 0.05) is 24.2 Å². The molecule has 30 heavy (non-hydrogen) atoms. The standard InChI is InChI=1S/C24H20N4O2/c1-25-17-12-13-21-20(15-17)23(27-28(21)2)24(29)22(16-8-5-4-6-9-16)26-18-10-7-11-19(14-18)30-3/h4-15,22,26H,2-3H3. The molecule has 0 aliphatic rings. The number of nitrogens with one attached hydrogen (secondary N) is 1. The highest BCUT2D eigenvalue weighted by molar-refractivity contribution is 6.10. The second-order valence-electron chi connectivity index (χ2n) is 6.87. The first-order chi connectivity index (χ1) is 14.6. The summed E-state index contributed by atoms with van der Waals surface area (Å²) in [5.74, 6) is 0.529. The Kier molecular flexibility index (Phi) is 5.19. The van der Waals surface area contributed by atoms with E-state index in [0.29, 0.717) is 22.5 Å². The SMILES string of the molecule is [C-]#[N+]c1ccc2c(c1)c(C(=O)C(Nc1cccc(OC)c1)c1ccccc1)nn2C. The normalized spacial score (nSPS) is 11.6. The van der Waals surface area contributed by atoms with E-state index in [9.17, 15) is 4.79 Å². The number of anilines is 1. The highest BCUT2D eigenvalue weighted by atomic mass is 16.5. The predicted molar refractivity (Wildman–Crippen MR) is 117 cm³/mol. The molecule has 0 radical (unpaired) electrons. The van der Waals surface area contributed by atoms with Gasteiger partial charge < -0.3 is 10.1 Å². The van der Waals surface area contributed by atoms with Gasteiger partial charge in [-0.2, -0.15) is 5.10 Å². The van der Waals surface area contributed by atoms with Crippen molar-refractivity contribution < 1.29 is 9.53 Å². The van der Waals surface area contributed by atoms with E-state index in [-0.39, 0.29) is 5.78 Å². The van der Waals surface area contributed by atoms with Gasteiger partial charge in [0.15, 0.2) is 5.69 Å². The molecular formula is C24H20N4O2. The Labute approximate surface area is 174 Å². The second kappa shape index (κ2) is 8.10. The van der Waals surface area contributed by atoms with Crippen LogP contribution >= 0.6 is 0 Å². The van der Waals surface area contributed by atoms with E-state index >= 15 is 0 Å². The molecule has 4 rings (SSSR count). The number of ether oxygens (including phenoxy) is 1. The van der Waals surface area contributed by atoms with Gasteiger partial charge >= 0.3 is 0 Å². The highest BCUT2D eigenvalue weighted by Crippen LogP contribution is 2.30. The fraction of sp³-hybridized carbons (Fsp3) is 0.125. The smallest absolute Gasteiger partial charge is 0.210 e. The lowest BCUT2D eigenvalue weighted by atomic mass is 9.98. The van der Waals surface area contributed by atoms with Crippen LogP contribution in [-0.2, 0) is 7.05 Å². The number of fused-ring (bicyclic) bond motifs is 1. The van der Waals surface area contributed by atoms with Crippen LogP contribution in [0.5, 0.6) is 5.75 Å². The van der Waals surface area contributed by atoms with Gasteiger partial charge in [-0.3, -0.25) is 9.48 Å². The Morgan fingerprint density at radius 3 is 2.63 bits per heavy atom. The zero-order chi connectivity index (χ0) is 21.1. The number of carbonyl (C=O) groups excluding carboxylic acids is 1. The van der Waals surface area contributed by atoms with E-state index in [1.165, 1.54) is 0 Å². The fourth-order valence-electron chi connectivity index (χ4n) is 3.47. The maximum Gasteiger partial charge on any atom is 0.210 e. The van der Waals surface area contributed by atoms with Crippen molar-refractivity contribution in [1.82, 2.24) is 9.78 Å². The molecule has 4 aromatic rings. The molecule has 0 spiro atoms. The Morgan fingerprint density at radius 1 is 1.10 bits per heavy atom. The first kappa shape index (κ1) is 19.2. The lowest BCUT2D eigenvalue weighted by Crippen LogP contribution is -2.22.